The molecule has 0 aliphatic carbocycles. The van der Waals surface area contributed by atoms with Gasteiger partial charge in [-0.15, -0.1) is 0 Å². The average Bonchev–Trinajstić information content (AvgIpc) is 0.918. The van der Waals surface area contributed by atoms with Crippen LogP contribution in [0.5, 0.6) is 0 Å². The zero-order valence-corrected chi connectivity index (χ0v) is 7.51. The third kappa shape index (κ3) is 4580. The Morgan fingerprint density at radius 3 is 0.571 bits per heavy atom. The Labute approximate surface area is 110 Å². The Morgan fingerprint density at radius 2 is 0.571 bits per heavy atom. The Kier molecular flexibility index (Phi) is 23700. The fourth-order valence-electron chi connectivity index (χ4n) is 0. The summed E-state index contributed by atoms with van der Waals surface area (Å²) < 4.78 is 0. The zero-order chi connectivity index (χ0) is 2.71. The van der Waals surface area contributed by atoms with Crippen LogP contribution in [0.15, 0.2) is 0 Å². The van der Waals surface area contributed by atoms with Gasteiger partial charge in [0.05, 0.1) is 0 Å². The van der Waals surface area contributed by atoms with Crippen molar-refractivity contribution in [2.75, 3.05) is 0 Å². The summed E-state index contributed by atoms with van der Waals surface area (Å²) in [7, 11) is 0. The molecule has 13 heteroatoms. The molecule has 0 amide bonds. The van der Waals surface area contributed by atoms with Crippen molar-refractivity contribution >= 4 is 29.6 Å². The number of nitriles is 1. The summed E-state index contributed by atoms with van der Waals surface area (Å²) in [5.74, 6) is 0. The minimum atomic E-state index is 0. The number of rotatable bonds is 0. The van der Waals surface area contributed by atoms with E-state index >= 15 is 0 Å². The van der Waals surface area contributed by atoms with Gasteiger partial charge in [0.15, 0.2) is 0 Å². The summed E-state index contributed by atoms with van der Waals surface area (Å²) in [4.78, 5) is 1.56. The molecule has 0 bridgehead atoms. The van der Waals surface area contributed by atoms with Crippen molar-refractivity contribution in [2.45, 2.75) is 0 Å². The molecule has 0 unspecified atom stereocenters. The van der Waals surface area contributed by atoms with Gasteiger partial charge in [0.25, 0.3) is 0 Å². The fraction of sp³-hybridized carbons (Fsp3) is 0. The number of hydrogen-bond acceptors (Lipinski definition) is 1. The molecule has 14 heavy (non-hydrogen) atoms. The van der Waals surface area contributed by atoms with Gasteiger partial charge in [0.2, 0.25) is 0 Å². The topological polar surface area (TPSA) is 339 Å². The molecule has 0 radical (unpaired) electrons. The van der Waals surface area contributed by atoms with Gasteiger partial charge >= 0.3 is 55.8 Å². The predicted molar refractivity (Wildman–Crippen MR) is 48.9 cm³/mol. The molecular formula is CH21MnNNaO10. The molecular weight excluding hydrogens is 264 g/mol. The van der Waals surface area contributed by atoms with E-state index in [9.17, 15) is 0 Å². The Hall–Kier alpha value is 0.609. The van der Waals surface area contributed by atoms with Gasteiger partial charge in [0, 0.05) is 0 Å². The van der Waals surface area contributed by atoms with Crippen molar-refractivity contribution in [2.24, 2.45) is 0 Å². The van der Waals surface area contributed by atoms with E-state index < -0.39 is 0 Å². The molecule has 0 aromatic rings. The monoisotopic (exact) mass is 285 g/mol. The molecule has 20 N–H and O–H groups in total. The molecule has 0 aromatic heterocycles. The van der Waals surface area contributed by atoms with Crippen LogP contribution < -0.4 is 0 Å². The van der Waals surface area contributed by atoms with Gasteiger partial charge < -0.3 is 54.8 Å². The normalized spacial score (nSPS) is 0.571. The quantitative estimate of drug-likeness (QED) is 0.384. The summed E-state index contributed by atoms with van der Waals surface area (Å²) >= 11 is 2.45. The van der Waals surface area contributed by atoms with Crippen molar-refractivity contribution in [1.82, 2.24) is 0 Å². The van der Waals surface area contributed by atoms with Crippen LogP contribution in [0, 0.1) is 10.2 Å². The van der Waals surface area contributed by atoms with E-state index in [0.717, 1.165) is 0 Å². The van der Waals surface area contributed by atoms with E-state index in [4.69, 9.17) is 5.26 Å². The van der Waals surface area contributed by atoms with E-state index in [1.807, 2.05) is 0 Å². The van der Waals surface area contributed by atoms with Crippen molar-refractivity contribution < 1.29 is 70.8 Å². The number of hydrogen-bond donors (Lipinski definition) is 0. The first-order valence-corrected chi connectivity index (χ1v) is 1.00. The Balaban J connectivity index is -0.000000000364. The third-order valence-corrected chi connectivity index (χ3v) is 0. The van der Waals surface area contributed by atoms with Crippen LogP contribution in [0.25, 0.3) is 0 Å². The fourth-order valence-corrected chi connectivity index (χ4v) is 0. The van der Waals surface area contributed by atoms with Gasteiger partial charge in [-0.05, 0) is 0 Å². The standard InChI is InChI=1S/CN.Mn.Na.10H2O.H/c1-2;;;;;;;;;;;;;/h;;;10*1H2;. The van der Waals surface area contributed by atoms with E-state index in [-0.39, 0.29) is 84.3 Å². The summed E-state index contributed by atoms with van der Waals surface area (Å²) in [5, 5.41) is 7.24. The van der Waals surface area contributed by atoms with Gasteiger partial charge in [-0.3, -0.25) is 0 Å². The maximum atomic E-state index is 7.24. The van der Waals surface area contributed by atoms with Crippen molar-refractivity contribution in [1.29, 1.82) is 5.26 Å². The van der Waals surface area contributed by atoms with E-state index in [1.165, 1.54) is 0 Å². The molecule has 0 aliphatic rings. The average molecular weight is 285 g/mol. The second kappa shape index (κ2) is 835. The SMILES string of the molecule is N#[C][Mn].O.O.O.O.O.O.O.O.O.O.[NaH]. The van der Waals surface area contributed by atoms with Crippen LogP contribution in [-0.4, -0.2) is 84.3 Å². The van der Waals surface area contributed by atoms with Crippen LogP contribution in [0.3, 0.4) is 0 Å². The Morgan fingerprint density at radius 1 is 0.571 bits per heavy atom. The molecule has 0 aliphatic heterocycles. The van der Waals surface area contributed by atoms with Crippen LogP contribution in [0.1, 0.15) is 0 Å². The van der Waals surface area contributed by atoms with Crippen LogP contribution in [0.4, 0.5) is 0 Å². The van der Waals surface area contributed by atoms with E-state index in [2.05, 4.69) is 16.0 Å². The van der Waals surface area contributed by atoms with Gasteiger partial charge in [0.1, 0.15) is 0 Å². The first-order chi connectivity index (χ1) is 1.41. The van der Waals surface area contributed by atoms with Gasteiger partial charge in [-0.25, -0.2) is 0 Å². The molecule has 0 rings (SSSR count). The molecule has 11 nitrogen and oxygen atoms in total. The van der Waals surface area contributed by atoms with Crippen LogP contribution in [-0.2, 0) is 16.0 Å². The summed E-state index contributed by atoms with van der Waals surface area (Å²) in [5.41, 5.74) is 0. The Bertz CT molecular complexity index is 41.6. The van der Waals surface area contributed by atoms with Gasteiger partial charge in [-0.1, -0.05) is 0 Å². The summed E-state index contributed by atoms with van der Waals surface area (Å²) in [6.45, 7) is 0. The molecule has 0 heterocycles. The predicted octanol–water partition coefficient (Wildman–Crippen LogP) is -8.88. The molecule has 0 atom stereocenters. The van der Waals surface area contributed by atoms with E-state index in [0.29, 0.717) is 0 Å². The van der Waals surface area contributed by atoms with Gasteiger partial charge in [-0.2, -0.15) is 0 Å². The molecule has 0 aromatic carbocycles. The molecule has 0 spiro atoms. The molecule has 0 saturated heterocycles. The second-order valence-electron chi connectivity index (χ2n) is 0.0845. The third-order valence-electron chi connectivity index (χ3n) is 0. The van der Waals surface area contributed by atoms with Crippen molar-refractivity contribution in [3.8, 4) is 4.97 Å². The first-order valence-electron chi connectivity index (χ1n) is 0.413. The molecule has 0 saturated carbocycles. The minimum absolute atomic E-state index is 0. The van der Waals surface area contributed by atoms with Crippen molar-refractivity contribution in [3.05, 3.63) is 0 Å². The molecule has 0 fully saturated rings. The number of nitrogens with zero attached hydrogens (tertiary/aromatic N) is 1. The van der Waals surface area contributed by atoms with Crippen LogP contribution >= 0.6 is 0 Å². The van der Waals surface area contributed by atoms with E-state index in [1.54, 1.807) is 4.97 Å². The second-order valence-corrected chi connectivity index (χ2v) is 0.348. The maximum absolute atomic E-state index is 7.24. The van der Waals surface area contributed by atoms with Crippen LogP contribution in [0.2, 0.25) is 0 Å². The van der Waals surface area contributed by atoms with Crippen molar-refractivity contribution in [3.63, 3.8) is 0 Å². The summed E-state index contributed by atoms with van der Waals surface area (Å²) in [6, 6.07) is 0. The summed E-state index contributed by atoms with van der Waals surface area (Å²) in [6.07, 6.45) is 0. The zero-order valence-electron chi connectivity index (χ0n) is 6.33. The first kappa shape index (κ1) is 397. The molecule has 98 valence electrons.